The first-order valence-corrected chi connectivity index (χ1v) is 9.28. The molecule has 5 nitrogen and oxygen atoms in total. The van der Waals surface area contributed by atoms with Crippen LogP contribution >= 0.6 is 0 Å². The van der Waals surface area contributed by atoms with Crippen molar-refractivity contribution in [1.82, 2.24) is 15.1 Å². The number of amides is 1. The van der Waals surface area contributed by atoms with E-state index in [9.17, 15) is 14.0 Å². The van der Waals surface area contributed by atoms with Crippen LogP contribution in [-0.4, -0.2) is 39.9 Å². The van der Waals surface area contributed by atoms with E-state index in [0.29, 0.717) is 24.3 Å². The molecule has 1 unspecified atom stereocenters. The summed E-state index contributed by atoms with van der Waals surface area (Å²) in [4.78, 5) is 27.4. The van der Waals surface area contributed by atoms with Gasteiger partial charge >= 0.3 is 0 Å². The summed E-state index contributed by atoms with van der Waals surface area (Å²) in [6, 6.07) is 5.63. The summed E-state index contributed by atoms with van der Waals surface area (Å²) in [5, 5.41) is 7.28. The first kappa shape index (κ1) is 16.9. The smallest absolute Gasteiger partial charge is 0.274 e. The van der Waals surface area contributed by atoms with Gasteiger partial charge in [0.2, 0.25) is 0 Å². The van der Waals surface area contributed by atoms with Gasteiger partial charge in [-0.1, -0.05) is 0 Å². The van der Waals surface area contributed by atoms with Crippen molar-refractivity contribution in [1.29, 1.82) is 0 Å². The molecule has 4 rings (SSSR count). The van der Waals surface area contributed by atoms with Gasteiger partial charge in [-0.25, -0.2) is 4.39 Å². The van der Waals surface area contributed by atoms with E-state index in [1.807, 2.05) is 0 Å². The van der Waals surface area contributed by atoms with Crippen LogP contribution in [0.2, 0.25) is 0 Å². The second-order valence-corrected chi connectivity index (χ2v) is 7.20. The molecule has 0 radical (unpaired) electrons. The van der Waals surface area contributed by atoms with Crippen LogP contribution in [0.4, 0.5) is 4.39 Å². The Balaban J connectivity index is 1.49. The number of H-pyrrole nitrogens is 1. The minimum absolute atomic E-state index is 0.0217. The molecule has 1 aromatic heterocycles. The Labute approximate surface area is 151 Å². The molecular weight excluding hydrogens is 333 g/mol. The van der Waals surface area contributed by atoms with Crippen LogP contribution in [0.5, 0.6) is 0 Å². The predicted octanol–water partition coefficient (Wildman–Crippen LogP) is 3.16. The van der Waals surface area contributed by atoms with Gasteiger partial charge in [-0.05, 0) is 62.8 Å². The van der Waals surface area contributed by atoms with E-state index in [0.717, 1.165) is 49.8 Å². The fraction of sp³-hybridized carbons (Fsp3) is 0.450. The van der Waals surface area contributed by atoms with E-state index in [-0.39, 0.29) is 23.4 Å². The highest BCUT2D eigenvalue weighted by molar-refractivity contribution is 5.99. The van der Waals surface area contributed by atoms with E-state index >= 15 is 0 Å². The lowest BCUT2D eigenvalue weighted by Crippen LogP contribution is -2.42. The second kappa shape index (κ2) is 7.02. The Morgan fingerprint density at radius 2 is 1.88 bits per heavy atom. The Morgan fingerprint density at radius 3 is 2.69 bits per heavy atom. The number of rotatable bonds is 3. The topological polar surface area (TPSA) is 66.1 Å². The van der Waals surface area contributed by atoms with Gasteiger partial charge in [-0.2, -0.15) is 5.10 Å². The fourth-order valence-electron chi connectivity index (χ4n) is 4.03. The van der Waals surface area contributed by atoms with Gasteiger partial charge in [0.1, 0.15) is 5.82 Å². The highest BCUT2D eigenvalue weighted by Gasteiger charge is 2.32. The van der Waals surface area contributed by atoms with Gasteiger partial charge < -0.3 is 4.90 Å². The molecule has 2 aliphatic rings. The number of carbonyl (C=O) groups is 2. The van der Waals surface area contributed by atoms with Crippen molar-refractivity contribution >= 4 is 11.7 Å². The van der Waals surface area contributed by atoms with Gasteiger partial charge in [0.25, 0.3) is 5.91 Å². The Hall–Kier alpha value is -2.50. The molecule has 1 amide bonds. The molecule has 6 heteroatoms. The Bertz CT molecular complexity index is 828. The van der Waals surface area contributed by atoms with Crippen molar-refractivity contribution in [3.63, 3.8) is 0 Å². The first-order chi connectivity index (χ1) is 12.6. The minimum Gasteiger partial charge on any atom is -0.337 e. The minimum atomic E-state index is -0.356. The molecule has 1 aromatic carbocycles. The number of hydrogen-bond donors (Lipinski definition) is 1. The number of halogens is 1. The first-order valence-electron chi connectivity index (χ1n) is 9.28. The number of nitrogens with zero attached hydrogens (tertiary/aromatic N) is 2. The third kappa shape index (κ3) is 3.16. The second-order valence-electron chi connectivity index (χ2n) is 7.20. The molecule has 2 aromatic rings. The number of fused-ring (bicyclic) bond motifs is 1. The zero-order valence-corrected chi connectivity index (χ0v) is 14.6. The van der Waals surface area contributed by atoms with Crippen LogP contribution in [0.3, 0.4) is 0 Å². The van der Waals surface area contributed by atoms with E-state index in [2.05, 4.69) is 10.2 Å². The van der Waals surface area contributed by atoms with Crippen molar-refractivity contribution in [2.24, 2.45) is 5.92 Å². The molecule has 1 N–H and O–H groups in total. The summed E-state index contributed by atoms with van der Waals surface area (Å²) in [5.74, 6) is -0.703. The number of aromatic amines is 1. The molecule has 1 aliphatic carbocycles. The highest BCUT2D eigenvalue weighted by Crippen LogP contribution is 2.26. The van der Waals surface area contributed by atoms with Gasteiger partial charge in [0.05, 0.1) is 0 Å². The molecule has 2 heterocycles. The lowest BCUT2D eigenvalue weighted by atomic mass is 9.89. The van der Waals surface area contributed by atoms with Crippen molar-refractivity contribution in [2.45, 2.75) is 38.5 Å². The fourth-order valence-corrected chi connectivity index (χ4v) is 4.03. The molecule has 1 atom stereocenters. The summed E-state index contributed by atoms with van der Waals surface area (Å²) in [6.45, 7) is 1.05. The Kier molecular flexibility index (Phi) is 4.57. The van der Waals surface area contributed by atoms with E-state index in [1.54, 1.807) is 4.90 Å². The summed E-state index contributed by atoms with van der Waals surface area (Å²) >= 11 is 0. The molecule has 1 saturated heterocycles. The van der Waals surface area contributed by atoms with Crippen molar-refractivity contribution in [3.8, 4) is 0 Å². The zero-order valence-electron chi connectivity index (χ0n) is 14.6. The van der Waals surface area contributed by atoms with Crippen molar-refractivity contribution in [3.05, 3.63) is 52.6 Å². The van der Waals surface area contributed by atoms with E-state index < -0.39 is 0 Å². The van der Waals surface area contributed by atoms with Crippen LogP contribution in [0.15, 0.2) is 24.3 Å². The van der Waals surface area contributed by atoms with Crippen molar-refractivity contribution in [2.75, 3.05) is 13.1 Å². The maximum Gasteiger partial charge on any atom is 0.274 e. The lowest BCUT2D eigenvalue weighted by molar-refractivity contribution is 0.0631. The molecule has 0 bridgehead atoms. The number of hydrogen-bond acceptors (Lipinski definition) is 3. The summed E-state index contributed by atoms with van der Waals surface area (Å²) in [5.41, 5.74) is 3.15. The van der Waals surface area contributed by atoms with Gasteiger partial charge in [0, 0.05) is 35.8 Å². The molecule has 1 aliphatic heterocycles. The number of benzene rings is 1. The monoisotopic (exact) mass is 355 g/mol. The molecule has 136 valence electrons. The van der Waals surface area contributed by atoms with Crippen LogP contribution in [0.25, 0.3) is 0 Å². The van der Waals surface area contributed by atoms with Crippen LogP contribution in [-0.2, 0) is 12.8 Å². The highest BCUT2D eigenvalue weighted by atomic mass is 19.1. The number of nitrogens with one attached hydrogen (secondary N) is 1. The van der Waals surface area contributed by atoms with E-state index in [1.165, 1.54) is 24.3 Å². The number of ketones is 1. The number of Topliss-reactive ketones (excluding diaryl/α,β-unsaturated/α-hetero) is 1. The summed E-state index contributed by atoms with van der Waals surface area (Å²) < 4.78 is 13.1. The van der Waals surface area contributed by atoms with Crippen molar-refractivity contribution < 1.29 is 14.0 Å². The standard InChI is InChI=1S/C20H22FN3O2/c21-15-9-7-13(8-10-15)19(25)14-4-3-11-24(12-14)20(26)18-16-5-1-2-6-17(16)22-23-18/h7-10,14H,1-6,11-12H2,(H,22,23). The number of likely N-dealkylation sites (tertiary alicyclic amines) is 1. The Morgan fingerprint density at radius 1 is 1.12 bits per heavy atom. The maximum absolute atomic E-state index is 13.1. The van der Waals surface area contributed by atoms with Crippen LogP contribution in [0.1, 0.15) is 57.8 Å². The number of piperidine rings is 1. The largest absolute Gasteiger partial charge is 0.337 e. The molecule has 0 saturated carbocycles. The third-order valence-electron chi connectivity index (χ3n) is 5.47. The average molecular weight is 355 g/mol. The van der Waals surface area contributed by atoms with Crippen LogP contribution in [0, 0.1) is 11.7 Å². The van der Waals surface area contributed by atoms with E-state index in [4.69, 9.17) is 0 Å². The third-order valence-corrected chi connectivity index (χ3v) is 5.47. The van der Waals surface area contributed by atoms with Gasteiger partial charge in [-0.3, -0.25) is 14.7 Å². The molecule has 1 fully saturated rings. The van der Waals surface area contributed by atoms with Gasteiger partial charge in [-0.15, -0.1) is 0 Å². The quantitative estimate of drug-likeness (QED) is 0.860. The maximum atomic E-state index is 13.1. The van der Waals surface area contributed by atoms with Crippen LogP contribution < -0.4 is 0 Å². The van der Waals surface area contributed by atoms with Gasteiger partial charge in [0.15, 0.2) is 11.5 Å². The zero-order chi connectivity index (χ0) is 18.1. The predicted molar refractivity (Wildman–Crippen MR) is 94.6 cm³/mol. The average Bonchev–Trinajstić information content (AvgIpc) is 3.12. The number of carbonyl (C=O) groups excluding carboxylic acids is 2. The molecule has 0 spiro atoms. The summed E-state index contributed by atoms with van der Waals surface area (Å²) in [6.07, 6.45) is 5.58. The number of aryl methyl sites for hydroxylation is 1. The molecular formula is C20H22FN3O2. The lowest BCUT2D eigenvalue weighted by Gasteiger charge is -2.32. The SMILES string of the molecule is O=C(c1ccc(F)cc1)C1CCCN(C(=O)c2n[nH]c3c2CCCC3)C1. The number of aromatic nitrogens is 2. The normalized spacial score (nSPS) is 19.9. The summed E-state index contributed by atoms with van der Waals surface area (Å²) in [7, 11) is 0. The molecule has 26 heavy (non-hydrogen) atoms.